The molecule has 112 valence electrons. The van der Waals surface area contributed by atoms with E-state index < -0.39 is 0 Å². The minimum absolute atomic E-state index is 0.218. The number of carbonyl (C=O) groups excluding carboxylic acids is 1. The zero-order valence-electron chi connectivity index (χ0n) is 11.9. The molecule has 0 bridgehead atoms. The third-order valence-electron chi connectivity index (χ3n) is 3.85. The molecule has 1 fully saturated rings. The smallest absolute Gasteiger partial charge is 0.335 e. The summed E-state index contributed by atoms with van der Waals surface area (Å²) in [5.74, 6) is -0.218. The molecule has 0 unspecified atom stereocenters. The molecule has 0 N–H and O–H groups in total. The summed E-state index contributed by atoms with van der Waals surface area (Å²) in [4.78, 5) is 14.3. The molecular formula is C16H17BrClNO2. The highest BCUT2D eigenvalue weighted by Crippen LogP contribution is 2.43. The molecule has 0 amide bonds. The number of esters is 1. The van der Waals surface area contributed by atoms with Gasteiger partial charge < -0.3 is 9.64 Å². The number of anilines is 1. The Kier molecular flexibility index (Phi) is 4.27. The van der Waals surface area contributed by atoms with Crippen molar-refractivity contribution in [3.05, 3.63) is 40.1 Å². The summed E-state index contributed by atoms with van der Waals surface area (Å²) in [7, 11) is 0. The monoisotopic (exact) mass is 369 g/mol. The van der Waals surface area contributed by atoms with Gasteiger partial charge in [0.05, 0.1) is 17.9 Å². The van der Waals surface area contributed by atoms with Crippen molar-refractivity contribution in [2.75, 3.05) is 11.5 Å². The molecule has 0 atom stereocenters. The van der Waals surface area contributed by atoms with Gasteiger partial charge in [0.15, 0.2) is 0 Å². The van der Waals surface area contributed by atoms with E-state index in [1.54, 1.807) is 0 Å². The topological polar surface area (TPSA) is 29.5 Å². The summed E-state index contributed by atoms with van der Waals surface area (Å²) in [6.45, 7) is 2.23. The van der Waals surface area contributed by atoms with E-state index in [9.17, 15) is 4.79 Å². The second kappa shape index (κ2) is 6.01. The molecule has 1 aliphatic heterocycles. The first-order valence-corrected chi connectivity index (χ1v) is 8.68. The van der Waals surface area contributed by atoms with Crippen LogP contribution in [-0.4, -0.2) is 18.6 Å². The van der Waals surface area contributed by atoms with E-state index in [2.05, 4.69) is 20.8 Å². The Morgan fingerprint density at radius 1 is 1.48 bits per heavy atom. The summed E-state index contributed by atoms with van der Waals surface area (Å²) in [6.07, 6.45) is 4.87. The summed E-state index contributed by atoms with van der Waals surface area (Å²) < 4.78 is 5.16. The summed E-state index contributed by atoms with van der Waals surface area (Å²) in [5, 5.41) is 1.48. The number of carbonyl (C=O) groups is 1. The van der Waals surface area contributed by atoms with E-state index in [0.29, 0.717) is 24.4 Å². The summed E-state index contributed by atoms with van der Waals surface area (Å²) >= 11 is 9.86. The van der Waals surface area contributed by atoms with Gasteiger partial charge in [0.1, 0.15) is 0 Å². The van der Waals surface area contributed by atoms with E-state index in [-0.39, 0.29) is 5.97 Å². The van der Waals surface area contributed by atoms with Crippen molar-refractivity contribution in [1.29, 1.82) is 0 Å². The molecular weight excluding hydrogens is 354 g/mol. The number of rotatable bonds is 4. The highest BCUT2D eigenvalue weighted by molar-refractivity contribution is 9.08. The van der Waals surface area contributed by atoms with Crippen LogP contribution < -0.4 is 4.90 Å². The number of hydrogen-bond donors (Lipinski definition) is 0. The highest BCUT2D eigenvalue weighted by Gasteiger charge is 2.35. The van der Waals surface area contributed by atoms with Crippen LogP contribution in [0.1, 0.15) is 30.9 Å². The van der Waals surface area contributed by atoms with Crippen molar-refractivity contribution in [3.63, 3.8) is 0 Å². The lowest BCUT2D eigenvalue weighted by atomic mass is 9.96. The fourth-order valence-corrected chi connectivity index (χ4v) is 3.67. The number of benzene rings is 1. The lowest BCUT2D eigenvalue weighted by Gasteiger charge is -2.31. The Hall–Kier alpha value is -1.000. The third-order valence-corrected chi connectivity index (χ3v) is 4.77. The Labute approximate surface area is 138 Å². The molecule has 0 saturated heterocycles. The van der Waals surface area contributed by atoms with Gasteiger partial charge in [0, 0.05) is 34.6 Å². The van der Waals surface area contributed by atoms with Crippen molar-refractivity contribution in [2.24, 2.45) is 0 Å². The van der Waals surface area contributed by atoms with E-state index >= 15 is 0 Å². The van der Waals surface area contributed by atoms with Crippen LogP contribution in [0.2, 0.25) is 5.02 Å². The highest BCUT2D eigenvalue weighted by atomic mass is 79.9. The number of alkyl halides is 1. The Balaban J connectivity index is 2.04. The molecule has 1 saturated carbocycles. The number of halogens is 2. The maximum absolute atomic E-state index is 12.1. The lowest BCUT2D eigenvalue weighted by molar-refractivity contribution is -0.138. The number of ether oxygens (including phenoxy) is 1. The van der Waals surface area contributed by atoms with Crippen molar-refractivity contribution in [1.82, 2.24) is 0 Å². The molecule has 1 aromatic rings. The van der Waals surface area contributed by atoms with E-state index in [0.717, 1.165) is 40.3 Å². The summed E-state index contributed by atoms with van der Waals surface area (Å²) in [5.41, 5.74) is 4.13. The largest absolute Gasteiger partial charge is 0.463 e. The van der Waals surface area contributed by atoms with Gasteiger partial charge in [-0.1, -0.05) is 33.6 Å². The summed E-state index contributed by atoms with van der Waals surface area (Å²) in [6, 6.07) is 4.41. The fourth-order valence-electron chi connectivity index (χ4n) is 2.72. The average Bonchev–Trinajstić information content (AvgIpc) is 3.31. The number of hydrogen-bond acceptors (Lipinski definition) is 3. The standard InChI is InChI=1S/C16H17BrClNO2/c1-2-21-16(20)11-7-10-3-6-14(18)13(8-17)15(10)19(9-11)12-4-5-12/h3,6,9,12H,2,4-5,7-8H2,1H3. The van der Waals surface area contributed by atoms with E-state index in [1.165, 1.54) is 0 Å². The fraction of sp³-hybridized carbons (Fsp3) is 0.438. The number of fused-ring (bicyclic) bond motifs is 1. The van der Waals surface area contributed by atoms with E-state index in [1.807, 2.05) is 25.3 Å². The lowest BCUT2D eigenvalue weighted by Crippen LogP contribution is -2.28. The van der Waals surface area contributed by atoms with Crippen molar-refractivity contribution < 1.29 is 9.53 Å². The van der Waals surface area contributed by atoms with Gasteiger partial charge in [-0.25, -0.2) is 4.79 Å². The van der Waals surface area contributed by atoms with Crippen LogP contribution in [0, 0.1) is 0 Å². The Morgan fingerprint density at radius 2 is 2.24 bits per heavy atom. The zero-order valence-corrected chi connectivity index (χ0v) is 14.2. The van der Waals surface area contributed by atoms with Crippen molar-refractivity contribution in [2.45, 2.75) is 37.6 Å². The Bertz CT molecular complexity index is 611. The third kappa shape index (κ3) is 2.84. The van der Waals surface area contributed by atoms with Gasteiger partial charge in [-0.05, 0) is 31.4 Å². The zero-order chi connectivity index (χ0) is 15.0. The molecule has 0 radical (unpaired) electrons. The molecule has 1 aromatic carbocycles. The minimum Gasteiger partial charge on any atom is -0.463 e. The van der Waals surface area contributed by atoms with Gasteiger partial charge in [-0.15, -0.1) is 0 Å². The normalized spacial score (nSPS) is 17.3. The molecule has 21 heavy (non-hydrogen) atoms. The molecule has 0 spiro atoms. The van der Waals surface area contributed by atoms with Gasteiger partial charge in [-0.3, -0.25) is 0 Å². The maximum Gasteiger partial charge on any atom is 0.335 e. The molecule has 1 aliphatic carbocycles. The van der Waals surface area contributed by atoms with Gasteiger partial charge >= 0.3 is 5.97 Å². The molecule has 5 heteroatoms. The second-order valence-corrected chi connectivity index (χ2v) is 6.33. The number of nitrogens with zero attached hydrogens (tertiary/aromatic N) is 1. The molecule has 2 aliphatic rings. The molecule has 3 rings (SSSR count). The van der Waals surface area contributed by atoms with Crippen LogP contribution in [0.15, 0.2) is 23.9 Å². The second-order valence-electron chi connectivity index (χ2n) is 5.36. The van der Waals surface area contributed by atoms with Gasteiger partial charge in [0.25, 0.3) is 0 Å². The quantitative estimate of drug-likeness (QED) is 0.587. The first kappa shape index (κ1) is 14.9. The predicted molar refractivity (Wildman–Crippen MR) is 88.0 cm³/mol. The van der Waals surface area contributed by atoms with E-state index in [4.69, 9.17) is 16.3 Å². The van der Waals surface area contributed by atoms with Crippen LogP contribution in [0.3, 0.4) is 0 Å². The minimum atomic E-state index is -0.218. The van der Waals surface area contributed by atoms with Gasteiger partial charge in [-0.2, -0.15) is 0 Å². The first-order chi connectivity index (χ1) is 10.2. The molecule has 0 aromatic heterocycles. The first-order valence-electron chi connectivity index (χ1n) is 7.18. The van der Waals surface area contributed by atoms with Crippen LogP contribution in [-0.2, 0) is 21.3 Å². The van der Waals surface area contributed by atoms with Gasteiger partial charge in [0.2, 0.25) is 0 Å². The molecule has 3 nitrogen and oxygen atoms in total. The maximum atomic E-state index is 12.1. The van der Waals surface area contributed by atoms with Crippen molar-refractivity contribution >= 4 is 39.2 Å². The SMILES string of the molecule is CCOC(=O)C1=CN(C2CC2)c2c(ccc(Cl)c2CBr)C1. The predicted octanol–water partition coefficient (Wildman–Crippen LogP) is 4.21. The van der Waals surface area contributed by atoms with Crippen LogP contribution >= 0.6 is 27.5 Å². The van der Waals surface area contributed by atoms with Crippen LogP contribution in [0.25, 0.3) is 0 Å². The van der Waals surface area contributed by atoms with Crippen LogP contribution in [0.4, 0.5) is 5.69 Å². The van der Waals surface area contributed by atoms with Crippen molar-refractivity contribution in [3.8, 4) is 0 Å². The average molecular weight is 371 g/mol. The molecule has 1 heterocycles. The Morgan fingerprint density at radius 3 is 2.86 bits per heavy atom. The van der Waals surface area contributed by atoms with Crippen LogP contribution in [0.5, 0.6) is 0 Å².